The van der Waals surface area contributed by atoms with Crippen LogP contribution in [-0.2, 0) is 10.0 Å². The molecule has 5 heteroatoms. The van der Waals surface area contributed by atoms with E-state index in [0.29, 0.717) is 0 Å². The van der Waals surface area contributed by atoms with Gasteiger partial charge in [0.2, 0.25) is 0 Å². The fourth-order valence-corrected chi connectivity index (χ4v) is 1.66. The lowest BCUT2D eigenvalue weighted by Crippen LogP contribution is -2.30. The van der Waals surface area contributed by atoms with E-state index in [4.69, 9.17) is 5.84 Å². The van der Waals surface area contributed by atoms with E-state index in [9.17, 15) is 8.42 Å². The number of nitrogens with one attached hydrogen (secondary N) is 1. The van der Waals surface area contributed by atoms with Crippen molar-refractivity contribution in [2.24, 2.45) is 5.84 Å². The molecule has 1 aromatic rings. The molecule has 0 unspecified atom stereocenters. The maximum atomic E-state index is 11.2. The van der Waals surface area contributed by atoms with E-state index in [1.807, 2.05) is 13.8 Å². The molecule has 0 fully saturated rings. The predicted octanol–water partition coefficient (Wildman–Crippen LogP) is 0.455. The molecule has 0 aliphatic rings. The number of sulfonamides is 1. The van der Waals surface area contributed by atoms with Crippen LogP contribution in [0.5, 0.6) is 0 Å². The highest BCUT2D eigenvalue weighted by molar-refractivity contribution is 7.89. The molecular weight excluding hydrogens is 188 g/mol. The Hall–Kier alpha value is -0.910. The maximum Gasteiger partial charge on any atom is 0.253 e. The Morgan fingerprint density at radius 3 is 2.31 bits per heavy atom. The summed E-state index contributed by atoms with van der Waals surface area (Å²) < 4.78 is 22.5. The molecule has 1 aromatic carbocycles. The van der Waals surface area contributed by atoms with Crippen LogP contribution in [0.4, 0.5) is 0 Å². The van der Waals surface area contributed by atoms with Crippen LogP contribution >= 0.6 is 0 Å². The third kappa shape index (κ3) is 2.06. The zero-order valence-corrected chi connectivity index (χ0v) is 8.35. The quantitative estimate of drug-likeness (QED) is 0.538. The van der Waals surface area contributed by atoms with E-state index in [2.05, 4.69) is 0 Å². The normalized spacial score (nSPS) is 11.6. The van der Waals surface area contributed by atoms with Crippen LogP contribution in [0, 0.1) is 13.8 Å². The van der Waals surface area contributed by atoms with Crippen LogP contribution < -0.4 is 10.7 Å². The van der Waals surface area contributed by atoms with E-state index in [-0.39, 0.29) is 4.90 Å². The van der Waals surface area contributed by atoms with E-state index in [0.717, 1.165) is 11.1 Å². The van der Waals surface area contributed by atoms with Crippen molar-refractivity contribution < 1.29 is 8.42 Å². The zero-order chi connectivity index (χ0) is 10.1. The van der Waals surface area contributed by atoms with Crippen molar-refractivity contribution in [3.05, 3.63) is 29.3 Å². The van der Waals surface area contributed by atoms with Crippen molar-refractivity contribution in [2.45, 2.75) is 18.7 Å². The predicted molar refractivity (Wildman–Crippen MR) is 50.4 cm³/mol. The molecule has 72 valence electrons. The van der Waals surface area contributed by atoms with Crippen LogP contribution in [0.3, 0.4) is 0 Å². The first-order valence-electron chi connectivity index (χ1n) is 3.77. The van der Waals surface area contributed by atoms with E-state index < -0.39 is 10.0 Å². The molecule has 1 rings (SSSR count). The summed E-state index contributed by atoms with van der Waals surface area (Å²) in [4.78, 5) is 1.97. The summed E-state index contributed by atoms with van der Waals surface area (Å²) in [5.41, 5.74) is 1.98. The van der Waals surface area contributed by atoms with Gasteiger partial charge in [0.05, 0.1) is 4.90 Å². The number of hydrazine groups is 1. The lowest BCUT2D eigenvalue weighted by atomic mass is 10.1. The first kappa shape index (κ1) is 10.2. The number of hydrogen-bond acceptors (Lipinski definition) is 3. The van der Waals surface area contributed by atoms with Crippen molar-refractivity contribution in [1.29, 1.82) is 0 Å². The summed E-state index contributed by atoms with van der Waals surface area (Å²) in [6.07, 6.45) is 0. The fraction of sp³-hybridized carbons (Fsp3) is 0.250. The Balaban J connectivity index is 3.27. The van der Waals surface area contributed by atoms with Crippen LogP contribution in [0.1, 0.15) is 11.1 Å². The van der Waals surface area contributed by atoms with Gasteiger partial charge in [-0.1, -0.05) is 6.07 Å². The summed E-state index contributed by atoms with van der Waals surface area (Å²) in [7, 11) is -3.51. The summed E-state index contributed by atoms with van der Waals surface area (Å²) in [6, 6.07) is 4.86. The van der Waals surface area contributed by atoms with Gasteiger partial charge in [0, 0.05) is 0 Å². The second kappa shape index (κ2) is 3.45. The molecule has 0 atom stereocenters. The molecule has 0 spiro atoms. The minimum Gasteiger partial charge on any atom is -0.257 e. The Morgan fingerprint density at radius 1 is 1.23 bits per heavy atom. The molecule has 0 aromatic heterocycles. The summed E-state index contributed by atoms with van der Waals surface area (Å²) >= 11 is 0. The van der Waals surface area contributed by atoms with Gasteiger partial charge in [-0.2, -0.15) is 4.83 Å². The summed E-state index contributed by atoms with van der Waals surface area (Å²) in [6.45, 7) is 3.77. The minimum atomic E-state index is -3.51. The molecule has 0 radical (unpaired) electrons. The molecule has 3 N–H and O–H groups in total. The van der Waals surface area contributed by atoms with Gasteiger partial charge in [-0.25, -0.2) is 8.42 Å². The second-order valence-corrected chi connectivity index (χ2v) is 4.58. The highest BCUT2D eigenvalue weighted by atomic mass is 32.2. The average molecular weight is 200 g/mol. The smallest absolute Gasteiger partial charge is 0.253 e. The topological polar surface area (TPSA) is 72.2 Å². The van der Waals surface area contributed by atoms with Gasteiger partial charge >= 0.3 is 0 Å². The second-order valence-electron chi connectivity index (χ2n) is 2.87. The van der Waals surface area contributed by atoms with Crippen LogP contribution in [0.15, 0.2) is 23.1 Å². The maximum absolute atomic E-state index is 11.2. The van der Waals surface area contributed by atoms with Gasteiger partial charge in [0.1, 0.15) is 0 Å². The average Bonchev–Trinajstić information content (AvgIpc) is 2.09. The van der Waals surface area contributed by atoms with Crippen molar-refractivity contribution in [1.82, 2.24) is 4.83 Å². The minimum absolute atomic E-state index is 0.193. The van der Waals surface area contributed by atoms with E-state index in [1.165, 1.54) is 6.07 Å². The standard InChI is InChI=1S/C8H12N2O2S/c1-6-3-4-8(5-7(6)2)13(11,12)10-9/h3-5,10H,9H2,1-2H3. The summed E-state index contributed by atoms with van der Waals surface area (Å²) in [5, 5.41) is 0. The largest absolute Gasteiger partial charge is 0.257 e. The molecule has 0 bridgehead atoms. The molecular formula is C8H12N2O2S. The number of nitrogens with two attached hydrogens (primary N) is 1. The van der Waals surface area contributed by atoms with Gasteiger partial charge in [0.25, 0.3) is 10.0 Å². The highest BCUT2D eigenvalue weighted by Gasteiger charge is 2.11. The van der Waals surface area contributed by atoms with Gasteiger partial charge in [-0.05, 0) is 37.1 Å². The molecule has 0 heterocycles. The van der Waals surface area contributed by atoms with Crippen LogP contribution in [0.25, 0.3) is 0 Å². The monoisotopic (exact) mass is 200 g/mol. The van der Waals surface area contributed by atoms with Gasteiger partial charge in [-0.15, -0.1) is 0 Å². The lowest BCUT2D eigenvalue weighted by Gasteiger charge is -2.04. The first-order chi connectivity index (χ1) is 5.97. The van der Waals surface area contributed by atoms with Crippen molar-refractivity contribution in [3.63, 3.8) is 0 Å². The Labute approximate surface area is 77.8 Å². The number of hydrogen-bond donors (Lipinski definition) is 2. The van der Waals surface area contributed by atoms with Crippen molar-refractivity contribution in [2.75, 3.05) is 0 Å². The SMILES string of the molecule is Cc1ccc(S(=O)(=O)NN)cc1C. The van der Waals surface area contributed by atoms with Gasteiger partial charge < -0.3 is 0 Å². The molecule has 0 aliphatic heterocycles. The van der Waals surface area contributed by atoms with Gasteiger partial charge in [-0.3, -0.25) is 5.84 Å². The third-order valence-electron chi connectivity index (χ3n) is 1.94. The Morgan fingerprint density at radius 2 is 1.85 bits per heavy atom. The van der Waals surface area contributed by atoms with E-state index >= 15 is 0 Å². The molecule has 0 saturated carbocycles. The third-order valence-corrected chi connectivity index (χ3v) is 3.13. The highest BCUT2D eigenvalue weighted by Crippen LogP contribution is 2.13. The van der Waals surface area contributed by atoms with Gasteiger partial charge in [0.15, 0.2) is 0 Å². The number of aryl methyl sites for hydroxylation is 2. The Kier molecular flexibility index (Phi) is 2.70. The van der Waals surface area contributed by atoms with E-state index in [1.54, 1.807) is 17.0 Å². The zero-order valence-electron chi connectivity index (χ0n) is 7.53. The molecule has 13 heavy (non-hydrogen) atoms. The number of benzene rings is 1. The van der Waals surface area contributed by atoms with Crippen molar-refractivity contribution in [3.8, 4) is 0 Å². The molecule has 0 saturated heterocycles. The molecule has 0 amide bonds. The van der Waals surface area contributed by atoms with Crippen LogP contribution in [-0.4, -0.2) is 8.42 Å². The molecule has 4 nitrogen and oxygen atoms in total. The molecule has 0 aliphatic carbocycles. The fourth-order valence-electron chi connectivity index (χ4n) is 0.949. The summed E-state index contributed by atoms with van der Waals surface area (Å²) in [5.74, 6) is 4.89. The number of rotatable bonds is 2. The van der Waals surface area contributed by atoms with Crippen LogP contribution in [0.2, 0.25) is 0 Å². The lowest BCUT2D eigenvalue weighted by molar-refractivity contribution is 0.584. The van der Waals surface area contributed by atoms with Crippen molar-refractivity contribution >= 4 is 10.0 Å². The Bertz CT molecular complexity index is 412. The first-order valence-corrected chi connectivity index (χ1v) is 5.25.